The minimum absolute atomic E-state index is 0.619. The number of aromatic nitrogens is 3. The Morgan fingerprint density at radius 1 is 0.207 bits per heavy atom. The first-order valence-electron chi connectivity index (χ1n) is 19.7. The van der Waals surface area contributed by atoms with E-state index in [0.717, 1.165) is 50.1 Å². The highest BCUT2D eigenvalue weighted by Crippen LogP contribution is 2.45. The molecular weight excluding hydrogens is 703 g/mol. The SMILES string of the molecule is c1ccc(-c2ccccc2-c2nc(-c3ccccc3-c3ccccc3)nc(-c3ccccc3-c3cc4c5ccccc5c5ccccc5c4c4ccccc34)n2)cc1. The second kappa shape index (κ2) is 14.1. The van der Waals surface area contributed by atoms with Gasteiger partial charge in [0.25, 0.3) is 0 Å². The van der Waals surface area contributed by atoms with E-state index in [-0.39, 0.29) is 0 Å². The maximum absolute atomic E-state index is 5.39. The van der Waals surface area contributed by atoms with Crippen LogP contribution in [0.5, 0.6) is 0 Å². The van der Waals surface area contributed by atoms with Gasteiger partial charge in [-0.2, -0.15) is 0 Å². The van der Waals surface area contributed by atoms with Crippen molar-refractivity contribution in [1.29, 1.82) is 0 Å². The van der Waals surface area contributed by atoms with Crippen molar-refractivity contribution >= 4 is 43.1 Å². The zero-order valence-electron chi connectivity index (χ0n) is 31.5. The second-order valence-electron chi connectivity index (χ2n) is 14.7. The smallest absolute Gasteiger partial charge is 0.164 e. The highest BCUT2D eigenvalue weighted by atomic mass is 15.0. The van der Waals surface area contributed by atoms with Gasteiger partial charge in [-0.3, -0.25) is 0 Å². The summed E-state index contributed by atoms with van der Waals surface area (Å²) in [6.45, 7) is 0. The molecule has 1 aromatic heterocycles. The summed E-state index contributed by atoms with van der Waals surface area (Å²) in [7, 11) is 0. The van der Waals surface area contributed by atoms with Crippen LogP contribution < -0.4 is 0 Å². The molecule has 10 aromatic carbocycles. The predicted molar refractivity (Wildman–Crippen MR) is 242 cm³/mol. The largest absolute Gasteiger partial charge is 0.208 e. The molecule has 0 N–H and O–H groups in total. The van der Waals surface area contributed by atoms with Crippen LogP contribution in [0.4, 0.5) is 0 Å². The highest BCUT2D eigenvalue weighted by molar-refractivity contribution is 6.33. The first-order chi connectivity index (χ1) is 28.8. The summed E-state index contributed by atoms with van der Waals surface area (Å²) in [5, 5.41) is 9.91. The molecule has 11 aromatic rings. The summed E-state index contributed by atoms with van der Waals surface area (Å²) in [5.41, 5.74) is 9.38. The number of fused-ring (bicyclic) bond motifs is 8. The van der Waals surface area contributed by atoms with Gasteiger partial charge in [0.2, 0.25) is 0 Å². The molecule has 0 aliphatic heterocycles. The first-order valence-corrected chi connectivity index (χ1v) is 19.7. The minimum Gasteiger partial charge on any atom is -0.208 e. The van der Waals surface area contributed by atoms with Gasteiger partial charge in [-0.15, -0.1) is 0 Å². The van der Waals surface area contributed by atoms with Crippen LogP contribution in [-0.2, 0) is 0 Å². The molecule has 0 radical (unpaired) electrons. The molecule has 3 heteroatoms. The van der Waals surface area contributed by atoms with E-state index < -0.39 is 0 Å². The van der Waals surface area contributed by atoms with Gasteiger partial charge in [-0.25, -0.2) is 15.0 Å². The molecule has 270 valence electrons. The monoisotopic (exact) mass is 737 g/mol. The fourth-order valence-corrected chi connectivity index (χ4v) is 8.73. The number of nitrogens with zero attached hydrogens (tertiary/aromatic N) is 3. The lowest BCUT2D eigenvalue weighted by molar-refractivity contribution is 1.07. The van der Waals surface area contributed by atoms with Crippen molar-refractivity contribution in [3.8, 4) is 67.5 Å². The molecule has 0 saturated carbocycles. The molecule has 11 rings (SSSR count). The van der Waals surface area contributed by atoms with Gasteiger partial charge in [0.15, 0.2) is 17.5 Å². The van der Waals surface area contributed by atoms with Crippen molar-refractivity contribution in [2.45, 2.75) is 0 Å². The van der Waals surface area contributed by atoms with Gasteiger partial charge in [0, 0.05) is 16.7 Å². The average Bonchev–Trinajstić information content (AvgIpc) is 3.31. The third-order valence-corrected chi connectivity index (χ3v) is 11.3. The normalized spacial score (nSPS) is 11.4. The molecule has 0 atom stereocenters. The molecule has 0 spiro atoms. The van der Waals surface area contributed by atoms with Crippen LogP contribution in [-0.4, -0.2) is 15.0 Å². The van der Waals surface area contributed by atoms with E-state index in [2.05, 4.69) is 200 Å². The van der Waals surface area contributed by atoms with Crippen molar-refractivity contribution < 1.29 is 0 Å². The fraction of sp³-hybridized carbons (Fsp3) is 0. The lowest BCUT2D eigenvalue weighted by Gasteiger charge is -2.18. The Hall–Kier alpha value is -7.75. The summed E-state index contributed by atoms with van der Waals surface area (Å²) < 4.78 is 0. The summed E-state index contributed by atoms with van der Waals surface area (Å²) >= 11 is 0. The zero-order chi connectivity index (χ0) is 38.4. The van der Waals surface area contributed by atoms with Crippen LogP contribution in [0.15, 0.2) is 212 Å². The number of hydrogen-bond acceptors (Lipinski definition) is 3. The van der Waals surface area contributed by atoms with E-state index in [0.29, 0.717) is 17.5 Å². The van der Waals surface area contributed by atoms with Crippen LogP contribution >= 0.6 is 0 Å². The summed E-state index contributed by atoms with van der Waals surface area (Å²) in [6.07, 6.45) is 0. The number of benzene rings is 10. The van der Waals surface area contributed by atoms with Crippen LogP contribution in [0.3, 0.4) is 0 Å². The molecule has 0 bridgehead atoms. The van der Waals surface area contributed by atoms with Gasteiger partial charge in [-0.05, 0) is 82.5 Å². The lowest BCUT2D eigenvalue weighted by atomic mass is 9.86. The molecule has 1 heterocycles. The van der Waals surface area contributed by atoms with E-state index in [1.54, 1.807) is 0 Å². The Kier molecular flexibility index (Phi) is 8.15. The van der Waals surface area contributed by atoms with Crippen molar-refractivity contribution in [2.75, 3.05) is 0 Å². The maximum Gasteiger partial charge on any atom is 0.164 e. The van der Waals surface area contributed by atoms with Crippen LogP contribution in [0, 0.1) is 0 Å². The third-order valence-electron chi connectivity index (χ3n) is 11.3. The summed E-state index contributed by atoms with van der Waals surface area (Å²) in [5.74, 6) is 1.87. The van der Waals surface area contributed by atoms with E-state index in [1.165, 1.54) is 43.1 Å². The second-order valence-corrected chi connectivity index (χ2v) is 14.7. The summed E-state index contributed by atoms with van der Waals surface area (Å²) in [4.78, 5) is 16.1. The average molecular weight is 738 g/mol. The van der Waals surface area contributed by atoms with Gasteiger partial charge >= 0.3 is 0 Å². The maximum atomic E-state index is 5.39. The van der Waals surface area contributed by atoms with Gasteiger partial charge in [-0.1, -0.05) is 206 Å². The van der Waals surface area contributed by atoms with E-state index in [4.69, 9.17) is 15.0 Å². The Balaban J connectivity index is 1.21. The van der Waals surface area contributed by atoms with Crippen molar-refractivity contribution in [2.24, 2.45) is 0 Å². The molecule has 0 unspecified atom stereocenters. The molecule has 0 amide bonds. The topological polar surface area (TPSA) is 38.7 Å². The molecule has 0 aliphatic rings. The molecule has 0 aliphatic carbocycles. The molecule has 0 saturated heterocycles. The Labute approximate surface area is 336 Å². The Morgan fingerprint density at radius 2 is 0.517 bits per heavy atom. The quantitative estimate of drug-likeness (QED) is 0.160. The number of rotatable bonds is 6. The van der Waals surface area contributed by atoms with Crippen molar-refractivity contribution in [3.63, 3.8) is 0 Å². The standard InChI is InChI=1S/C55H35N3/c1-3-19-36(20-4-1)38-23-7-16-32-47(38)53-56-54(48-33-17-8-24-39(48)37-21-5-2-6-22-37)58-55(57-53)49-34-18-13-29-44(49)50-35-51-42-27-10-9-25-40(42)41-26-11-14-30-45(41)52(51)46-31-15-12-28-43(46)50/h1-35H. The van der Waals surface area contributed by atoms with E-state index in [1.807, 2.05) is 12.1 Å². The van der Waals surface area contributed by atoms with Crippen LogP contribution in [0.25, 0.3) is 111 Å². The van der Waals surface area contributed by atoms with Crippen molar-refractivity contribution in [1.82, 2.24) is 15.0 Å². The molecular formula is C55H35N3. The third kappa shape index (κ3) is 5.64. The highest BCUT2D eigenvalue weighted by Gasteiger charge is 2.21. The van der Waals surface area contributed by atoms with E-state index >= 15 is 0 Å². The van der Waals surface area contributed by atoms with Crippen LogP contribution in [0.2, 0.25) is 0 Å². The zero-order valence-corrected chi connectivity index (χ0v) is 31.5. The van der Waals surface area contributed by atoms with Gasteiger partial charge in [0.05, 0.1) is 0 Å². The minimum atomic E-state index is 0.619. The molecule has 0 fully saturated rings. The lowest BCUT2D eigenvalue weighted by Crippen LogP contribution is -2.03. The Bertz CT molecular complexity index is 3230. The van der Waals surface area contributed by atoms with Gasteiger partial charge in [0.1, 0.15) is 0 Å². The van der Waals surface area contributed by atoms with Crippen LogP contribution in [0.1, 0.15) is 0 Å². The first kappa shape index (κ1) is 33.6. The van der Waals surface area contributed by atoms with E-state index in [9.17, 15) is 0 Å². The fourth-order valence-electron chi connectivity index (χ4n) is 8.73. The number of hydrogen-bond donors (Lipinski definition) is 0. The molecule has 3 nitrogen and oxygen atoms in total. The van der Waals surface area contributed by atoms with Gasteiger partial charge < -0.3 is 0 Å². The predicted octanol–water partition coefficient (Wildman–Crippen LogP) is 14.5. The Morgan fingerprint density at radius 3 is 1.00 bits per heavy atom. The van der Waals surface area contributed by atoms with Crippen molar-refractivity contribution in [3.05, 3.63) is 212 Å². The summed E-state index contributed by atoms with van der Waals surface area (Å²) in [6, 6.07) is 75.1. The molecule has 58 heavy (non-hydrogen) atoms.